The molecule has 0 aromatic carbocycles. The molecule has 0 aliphatic heterocycles. The smallest absolute Gasteiger partial charge is 0.160 e. The molecular formula is C16H24N4. The number of nitrogens with two attached hydrogens (primary N) is 1. The molecule has 0 atom stereocenters. The highest BCUT2D eigenvalue weighted by molar-refractivity contribution is 5.71. The molecule has 0 radical (unpaired) electrons. The summed E-state index contributed by atoms with van der Waals surface area (Å²) in [6.07, 6.45) is 10.0. The zero-order chi connectivity index (χ0) is 14.0. The summed E-state index contributed by atoms with van der Waals surface area (Å²) in [5.74, 6) is 1.05. The van der Waals surface area contributed by atoms with Gasteiger partial charge in [-0.15, -0.1) is 0 Å². The summed E-state index contributed by atoms with van der Waals surface area (Å²) >= 11 is 0. The average molecular weight is 272 g/mol. The van der Waals surface area contributed by atoms with Gasteiger partial charge in [-0.3, -0.25) is 0 Å². The van der Waals surface area contributed by atoms with E-state index in [1.807, 2.05) is 18.3 Å². The molecule has 1 aliphatic carbocycles. The van der Waals surface area contributed by atoms with Crippen molar-refractivity contribution in [3.63, 3.8) is 0 Å². The minimum Gasteiger partial charge on any atom is -0.319 e. The normalized spacial score (nSPS) is 19.1. The standard InChI is InChI=1S/C16H24N4/c1-2-12-20-14-13(8-7-11-18-14)19-15(20)16(17)9-5-3-4-6-10-16/h7-8,11H,2-6,9-10,12,17H2,1H3. The Balaban J connectivity index is 2.11. The monoisotopic (exact) mass is 272 g/mol. The number of fused-ring (bicyclic) bond motifs is 1. The van der Waals surface area contributed by atoms with Crippen LogP contribution in [0.4, 0.5) is 0 Å². The highest BCUT2D eigenvalue weighted by Crippen LogP contribution is 2.34. The van der Waals surface area contributed by atoms with Gasteiger partial charge >= 0.3 is 0 Å². The van der Waals surface area contributed by atoms with Crippen LogP contribution in [0.25, 0.3) is 11.2 Å². The Kier molecular flexibility index (Phi) is 3.74. The fraction of sp³-hybridized carbons (Fsp3) is 0.625. The molecule has 2 heterocycles. The van der Waals surface area contributed by atoms with E-state index in [-0.39, 0.29) is 5.54 Å². The first-order chi connectivity index (χ1) is 9.74. The third-order valence-electron chi connectivity index (χ3n) is 4.39. The molecule has 108 valence electrons. The van der Waals surface area contributed by atoms with Gasteiger partial charge in [-0.25, -0.2) is 9.97 Å². The predicted molar refractivity (Wildman–Crippen MR) is 81.4 cm³/mol. The van der Waals surface area contributed by atoms with Crippen molar-refractivity contribution in [2.45, 2.75) is 64.0 Å². The number of nitrogens with zero attached hydrogens (tertiary/aromatic N) is 3. The van der Waals surface area contributed by atoms with E-state index in [0.29, 0.717) is 0 Å². The van der Waals surface area contributed by atoms with Gasteiger partial charge in [0, 0.05) is 12.7 Å². The second kappa shape index (κ2) is 5.52. The maximum absolute atomic E-state index is 6.76. The molecule has 3 rings (SSSR count). The van der Waals surface area contributed by atoms with Crippen LogP contribution in [0.5, 0.6) is 0 Å². The molecule has 1 fully saturated rings. The number of imidazole rings is 1. The topological polar surface area (TPSA) is 56.7 Å². The summed E-state index contributed by atoms with van der Waals surface area (Å²) in [4.78, 5) is 9.36. The van der Waals surface area contributed by atoms with Gasteiger partial charge in [-0.1, -0.05) is 32.6 Å². The van der Waals surface area contributed by atoms with Crippen molar-refractivity contribution in [2.24, 2.45) is 5.73 Å². The molecule has 20 heavy (non-hydrogen) atoms. The van der Waals surface area contributed by atoms with Crippen molar-refractivity contribution in [1.82, 2.24) is 14.5 Å². The predicted octanol–water partition coefficient (Wildman–Crippen LogP) is 3.35. The van der Waals surface area contributed by atoms with Gasteiger partial charge in [-0.05, 0) is 31.4 Å². The lowest BCUT2D eigenvalue weighted by molar-refractivity contribution is 0.348. The molecular weight excluding hydrogens is 248 g/mol. The molecule has 0 spiro atoms. The van der Waals surface area contributed by atoms with Crippen molar-refractivity contribution in [3.05, 3.63) is 24.2 Å². The Morgan fingerprint density at radius 1 is 1.25 bits per heavy atom. The summed E-state index contributed by atoms with van der Waals surface area (Å²) < 4.78 is 2.25. The SMILES string of the molecule is CCCn1c(C2(N)CCCCCC2)nc2cccnc21. The number of aromatic nitrogens is 3. The van der Waals surface area contributed by atoms with Crippen LogP contribution in [0.3, 0.4) is 0 Å². The maximum Gasteiger partial charge on any atom is 0.160 e. The Morgan fingerprint density at radius 2 is 2.00 bits per heavy atom. The molecule has 2 aromatic rings. The van der Waals surface area contributed by atoms with Crippen LogP contribution in [0.2, 0.25) is 0 Å². The van der Waals surface area contributed by atoms with E-state index in [0.717, 1.165) is 42.8 Å². The van der Waals surface area contributed by atoms with E-state index in [1.54, 1.807) is 0 Å². The number of rotatable bonds is 3. The van der Waals surface area contributed by atoms with Crippen molar-refractivity contribution in [3.8, 4) is 0 Å². The third-order valence-corrected chi connectivity index (χ3v) is 4.39. The molecule has 1 saturated carbocycles. The van der Waals surface area contributed by atoms with Gasteiger partial charge in [-0.2, -0.15) is 0 Å². The van der Waals surface area contributed by atoms with Gasteiger partial charge in [0.1, 0.15) is 11.3 Å². The lowest BCUT2D eigenvalue weighted by Crippen LogP contribution is -2.39. The van der Waals surface area contributed by atoms with Crippen molar-refractivity contribution < 1.29 is 0 Å². The van der Waals surface area contributed by atoms with Gasteiger partial charge in [0.2, 0.25) is 0 Å². The van der Waals surface area contributed by atoms with Crippen LogP contribution in [-0.2, 0) is 12.1 Å². The Hall–Kier alpha value is -1.42. The lowest BCUT2D eigenvalue weighted by Gasteiger charge is -2.28. The quantitative estimate of drug-likeness (QED) is 0.872. The van der Waals surface area contributed by atoms with Gasteiger partial charge in [0.15, 0.2) is 5.65 Å². The van der Waals surface area contributed by atoms with Crippen LogP contribution < -0.4 is 5.73 Å². The zero-order valence-electron chi connectivity index (χ0n) is 12.3. The summed E-state index contributed by atoms with van der Waals surface area (Å²) in [6, 6.07) is 3.99. The second-order valence-corrected chi connectivity index (χ2v) is 6.00. The fourth-order valence-electron chi connectivity index (χ4n) is 3.36. The zero-order valence-corrected chi connectivity index (χ0v) is 12.3. The Morgan fingerprint density at radius 3 is 2.70 bits per heavy atom. The van der Waals surface area contributed by atoms with E-state index in [2.05, 4.69) is 16.5 Å². The third kappa shape index (κ3) is 2.33. The number of hydrogen-bond acceptors (Lipinski definition) is 3. The molecule has 0 bridgehead atoms. The summed E-state index contributed by atoms with van der Waals surface area (Å²) in [5.41, 5.74) is 8.45. The summed E-state index contributed by atoms with van der Waals surface area (Å²) in [6.45, 7) is 3.14. The first-order valence-electron chi connectivity index (χ1n) is 7.85. The number of pyridine rings is 1. The van der Waals surface area contributed by atoms with E-state index >= 15 is 0 Å². The van der Waals surface area contributed by atoms with Crippen LogP contribution in [0.15, 0.2) is 18.3 Å². The molecule has 2 N–H and O–H groups in total. The van der Waals surface area contributed by atoms with Crippen LogP contribution in [0.1, 0.15) is 57.7 Å². The van der Waals surface area contributed by atoms with Crippen molar-refractivity contribution >= 4 is 11.2 Å². The van der Waals surface area contributed by atoms with E-state index in [9.17, 15) is 0 Å². The molecule has 0 saturated heterocycles. The molecule has 4 nitrogen and oxygen atoms in total. The van der Waals surface area contributed by atoms with Gasteiger partial charge in [0.05, 0.1) is 5.54 Å². The minimum atomic E-state index is -0.271. The van der Waals surface area contributed by atoms with E-state index in [4.69, 9.17) is 10.7 Å². The number of hydrogen-bond donors (Lipinski definition) is 1. The van der Waals surface area contributed by atoms with Gasteiger partial charge in [0.25, 0.3) is 0 Å². The highest BCUT2D eigenvalue weighted by atomic mass is 15.2. The molecule has 1 aliphatic rings. The van der Waals surface area contributed by atoms with E-state index < -0.39 is 0 Å². The van der Waals surface area contributed by atoms with Crippen LogP contribution >= 0.6 is 0 Å². The first kappa shape index (κ1) is 13.6. The lowest BCUT2D eigenvalue weighted by atomic mass is 9.90. The molecule has 0 amide bonds. The van der Waals surface area contributed by atoms with Crippen LogP contribution in [0, 0.1) is 0 Å². The van der Waals surface area contributed by atoms with Crippen LogP contribution in [-0.4, -0.2) is 14.5 Å². The minimum absolute atomic E-state index is 0.271. The first-order valence-corrected chi connectivity index (χ1v) is 7.85. The Labute approximate surface area is 120 Å². The van der Waals surface area contributed by atoms with Crippen molar-refractivity contribution in [1.29, 1.82) is 0 Å². The second-order valence-electron chi connectivity index (χ2n) is 6.00. The highest BCUT2D eigenvalue weighted by Gasteiger charge is 2.33. The Bertz CT molecular complexity index is 579. The molecule has 0 unspecified atom stereocenters. The molecule has 2 aromatic heterocycles. The largest absolute Gasteiger partial charge is 0.319 e. The molecule has 4 heteroatoms. The van der Waals surface area contributed by atoms with Crippen molar-refractivity contribution in [2.75, 3.05) is 0 Å². The maximum atomic E-state index is 6.76. The summed E-state index contributed by atoms with van der Waals surface area (Å²) in [5, 5.41) is 0. The van der Waals surface area contributed by atoms with E-state index in [1.165, 1.54) is 25.7 Å². The summed E-state index contributed by atoms with van der Waals surface area (Å²) in [7, 11) is 0. The average Bonchev–Trinajstić information content (AvgIpc) is 2.68. The fourth-order valence-corrected chi connectivity index (χ4v) is 3.36. The van der Waals surface area contributed by atoms with Gasteiger partial charge < -0.3 is 10.3 Å². The number of aryl methyl sites for hydroxylation is 1.